The normalized spacial score (nSPS) is 15.9. The summed E-state index contributed by atoms with van der Waals surface area (Å²) in [7, 11) is 0. The topological polar surface area (TPSA) is 49.4 Å². The van der Waals surface area contributed by atoms with Crippen molar-refractivity contribution in [3.63, 3.8) is 0 Å². The van der Waals surface area contributed by atoms with Gasteiger partial charge in [0.2, 0.25) is 0 Å². The first-order valence-electron chi connectivity index (χ1n) is 6.62. The van der Waals surface area contributed by atoms with Gasteiger partial charge in [-0.1, -0.05) is 11.6 Å². The number of halogens is 1. The molecule has 1 aliphatic heterocycles. The number of ether oxygens (including phenoxy) is 1. The van der Waals surface area contributed by atoms with Crippen LogP contribution in [0.25, 0.3) is 0 Å². The Morgan fingerprint density at radius 2 is 2.25 bits per heavy atom. The number of aromatic nitrogens is 1. The summed E-state index contributed by atoms with van der Waals surface area (Å²) in [5.74, 6) is 0.735. The predicted octanol–water partition coefficient (Wildman–Crippen LogP) is 1.66. The minimum absolute atomic E-state index is 0.580. The first-order valence-corrected chi connectivity index (χ1v) is 7.41. The maximum atomic E-state index is 5.87. The molecule has 20 heavy (non-hydrogen) atoms. The molecule has 0 amide bonds. The van der Waals surface area contributed by atoms with Gasteiger partial charge in [-0.05, 0) is 30.8 Å². The molecular weight excluding hydrogens is 296 g/mol. The van der Waals surface area contributed by atoms with Crippen molar-refractivity contribution in [1.82, 2.24) is 15.2 Å². The largest absolute Gasteiger partial charge is 0.379 e. The van der Waals surface area contributed by atoms with E-state index < -0.39 is 0 Å². The van der Waals surface area contributed by atoms with E-state index in [1.807, 2.05) is 13.0 Å². The molecule has 2 rings (SSSR count). The number of aryl methyl sites for hydroxylation is 1. The number of anilines is 1. The maximum Gasteiger partial charge on any atom is 0.171 e. The molecule has 1 aliphatic rings. The average molecular weight is 315 g/mol. The molecule has 0 bridgehead atoms. The average Bonchev–Trinajstić information content (AvgIpc) is 2.43. The number of rotatable bonds is 4. The van der Waals surface area contributed by atoms with Crippen molar-refractivity contribution >= 4 is 34.7 Å². The highest BCUT2D eigenvalue weighted by atomic mass is 35.5. The summed E-state index contributed by atoms with van der Waals surface area (Å²) in [6, 6.07) is 1.85. The van der Waals surface area contributed by atoms with E-state index in [1.54, 1.807) is 6.20 Å². The number of nitrogens with one attached hydrogen (secondary N) is 2. The second-order valence-electron chi connectivity index (χ2n) is 4.65. The Hall–Kier alpha value is -0.950. The molecular formula is C13H19ClN4OS. The van der Waals surface area contributed by atoms with E-state index >= 15 is 0 Å². The summed E-state index contributed by atoms with van der Waals surface area (Å²) < 4.78 is 5.31. The zero-order valence-corrected chi connectivity index (χ0v) is 13.1. The monoisotopic (exact) mass is 314 g/mol. The minimum Gasteiger partial charge on any atom is -0.379 e. The lowest BCUT2D eigenvalue weighted by Crippen LogP contribution is -2.42. The highest BCUT2D eigenvalue weighted by molar-refractivity contribution is 7.80. The third-order valence-electron chi connectivity index (χ3n) is 3.09. The van der Waals surface area contributed by atoms with E-state index in [9.17, 15) is 0 Å². The van der Waals surface area contributed by atoms with E-state index in [1.165, 1.54) is 0 Å². The molecule has 0 atom stereocenters. The Bertz CT molecular complexity index is 466. The van der Waals surface area contributed by atoms with Crippen molar-refractivity contribution in [3.8, 4) is 0 Å². The highest BCUT2D eigenvalue weighted by Gasteiger charge is 2.09. The zero-order valence-electron chi connectivity index (χ0n) is 11.5. The van der Waals surface area contributed by atoms with Gasteiger partial charge in [0, 0.05) is 32.4 Å². The Labute approximate surface area is 129 Å². The molecule has 7 heteroatoms. The Balaban J connectivity index is 1.72. The zero-order chi connectivity index (χ0) is 14.4. The van der Waals surface area contributed by atoms with E-state index in [0.29, 0.717) is 10.1 Å². The van der Waals surface area contributed by atoms with Crippen LogP contribution in [0.5, 0.6) is 0 Å². The second-order valence-corrected chi connectivity index (χ2v) is 5.50. The van der Waals surface area contributed by atoms with Crippen LogP contribution in [0.1, 0.15) is 5.56 Å². The second kappa shape index (κ2) is 7.73. The third-order valence-corrected chi connectivity index (χ3v) is 3.55. The SMILES string of the molecule is Cc1cc(Cl)cnc1NC(=S)NCCN1CCOCC1. The fraction of sp³-hybridized carbons (Fsp3) is 0.538. The van der Waals surface area contributed by atoms with E-state index in [2.05, 4.69) is 20.5 Å². The molecule has 1 aromatic heterocycles. The molecule has 5 nitrogen and oxygen atoms in total. The number of hydrogen-bond acceptors (Lipinski definition) is 4. The number of morpholine rings is 1. The molecule has 1 saturated heterocycles. The molecule has 1 fully saturated rings. The lowest BCUT2D eigenvalue weighted by molar-refractivity contribution is 0.0389. The predicted molar refractivity (Wildman–Crippen MR) is 85.5 cm³/mol. The number of pyridine rings is 1. The first kappa shape index (κ1) is 15.4. The quantitative estimate of drug-likeness (QED) is 0.824. The van der Waals surface area contributed by atoms with Crippen molar-refractivity contribution in [1.29, 1.82) is 0 Å². The Morgan fingerprint density at radius 3 is 2.95 bits per heavy atom. The van der Waals surface area contributed by atoms with Crippen LogP contribution in [0.2, 0.25) is 5.02 Å². The van der Waals surface area contributed by atoms with Gasteiger partial charge in [-0.3, -0.25) is 4.90 Å². The molecule has 0 unspecified atom stereocenters. The van der Waals surface area contributed by atoms with Gasteiger partial charge < -0.3 is 15.4 Å². The standard InChI is InChI=1S/C13H19ClN4OS/c1-10-8-11(14)9-16-12(10)17-13(20)15-2-3-18-4-6-19-7-5-18/h8-9H,2-7H2,1H3,(H2,15,16,17,20). The van der Waals surface area contributed by atoms with E-state index in [-0.39, 0.29) is 0 Å². The van der Waals surface area contributed by atoms with Crippen molar-refractivity contribution in [3.05, 3.63) is 22.8 Å². The van der Waals surface area contributed by atoms with Crippen LogP contribution >= 0.6 is 23.8 Å². The minimum atomic E-state index is 0.580. The third kappa shape index (κ3) is 4.86. The van der Waals surface area contributed by atoms with Crippen LogP contribution in [-0.4, -0.2) is 54.4 Å². The van der Waals surface area contributed by atoms with Crippen LogP contribution in [0.3, 0.4) is 0 Å². The number of hydrogen-bond donors (Lipinski definition) is 2. The van der Waals surface area contributed by atoms with Crippen LogP contribution in [0.15, 0.2) is 12.3 Å². The molecule has 0 aliphatic carbocycles. The van der Waals surface area contributed by atoms with Gasteiger partial charge in [-0.2, -0.15) is 0 Å². The van der Waals surface area contributed by atoms with Crippen molar-refractivity contribution in [2.45, 2.75) is 6.92 Å². The molecule has 1 aromatic rings. The van der Waals surface area contributed by atoms with Gasteiger partial charge in [0.05, 0.1) is 18.2 Å². The fourth-order valence-corrected chi connectivity index (χ4v) is 2.39. The summed E-state index contributed by atoms with van der Waals surface area (Å²) >= 11 is 11.1. The van der Waals surface area contributed by atoms with Crippen LogP contribution in [0, 0.1) is 6.92 Å². The maximum absolute atomic E-state index is 5.87. The van der Waals surface area contributed by atoms with Gasteiger partial charge in [-0.15, -0.1) is 0 Å². The molecule has 0 aromatic carbocycles. The Morgan fingerprint density at radius 1 is 1.50 bits per heavy atom. The summed E-state index contributed by atoms with van der Waals surface area (Å²) in [6.07, 6.45) is 1.60. The molecule has 0 saturated carbocycles. The summed E-state index contributed by atoms with van der Waals surface area (Å²) in [4.78, 5) is 6.57. The molecule has 0 spiro atoms. The summed E-state index contributed by atoms with van der Waals surface area (Å²) in [5, 5.41) is 7.47. The lowest BCUT2D eigenvalue weighted by atomic mass is 10.3. The fourth-order valence-electron chi connectivity index (χ4n) is 1.98. The van der Waals surface area contributed by atoms with Gasteiger partial charge >= 0.3 is 0 Å². The number of thiocarbonyl (C=S) groups is 1. The molecule has 0 radical (unpaired) electrons. The highest BCUT2D eigenvalue weighted by Crippen LogP contribution is 2.15. The van der Waals surface area contributed by atoms with Crippen LogP contribution in [0.4, 0.5) is 5.82 Å². The van der Waals surface area contributed by atoms with E-state index in [0.717, 1.165) is 50.8 Å². The van der Waals surface area contributed by atoms with Crippen molar-refractivity contribution in [2.75, 3.05) is 44.7 Å². The molecule has 110 valence electrons. The van der Waals surface area contributed by atoms with Crippen molar-refractivity contribution in [2.24, 2.45) is 0 Å². The number of nitrogens with zero attached hydrogens (tertiary/aromatic N) is 2. The summed E-state index contributed by atoms with van der Waals surface area (Å²) in [6.45, 7) is 7.31. The van der Waals surface area contributed by atoms with Gasteiger partial charge in [0.15, 0.2) is 5.11 Å². The Kier molecular flexibility index (Phi) is 5.97. The van der Waals surface area contributed by atoms with Gasteiger partial charge in [0.1, 0.15) is 5.82 Å². The van der Waals surface area contributed by atoms with Crippen LogP contribution in [-0.2, 0) is 4.74 Å². The smallest absolute Gasteiger partial charge is 0.171 e. The summed E-state index contributed by atoms with van der Waals surface area (Å²) in [5.41, 5.74) is 0.967. The lowest BCUT2D eigenvalue weighted by Gasteiger charge is -2.26. The molecule has 2 heterocycles. The van der Waals surface area contributed by atoms with Gasteiger partial charge in [0.25, 0.3) is 0 Å². The van der Waals surface area contributed by atoms with Crippen LogP contribution < -0.4 is 10.6 Å². The van der Waals surface area contributed by atoms with Crippen molar-refractivity contribution < 1.29 is 4.74 Å². The van der Waals surface area contributed by atoms with Gasteiger partial charge in [-0.25, -0.2) is 4.98 Å². The van der Waals surface area contributed by atoms with E-state index in [4.69, 9.17) is 28.6 Å². The molecule has 2 N–H and O–H groups in total. The first-order chi connectivity index (χ1) is 9.65.